The lowest BCUT2D eigenvalue weighted by molar-refractivity contribution is 0.0955. The molecular formula is C23H17BrN2O3. The first-order valence-corrected chi connectivity index (χ1v) is 9.67. The minimum absolute atomic E-state index is 0.112. The summed E-state index contributed by atoms with van der Waals surface area (Å²) in [7, 11) is 1.62. The van der Waals surface area contributed by atoms with Crippen LogP contribution in [0.1, 0.15) is 15.9 Å². The van der Waals surface area contributed by atoms with E-state index in [4.69, 9.17) is 4.74 Å². The number of nitrogens with one attached hydrogen (secondary N) is 1. The van der Waals surface area contributed by atoms with Gasteiger partial charge in [-0.1, -0.05) is 52.3 Å². The molecule has 0 fully saturated rings. The van der Waals surface area contributed by atoms with E-state index in [2.05, 4.69) is 26.5 Å². The Kier molecular flexibility index (Phi) is 5.18. The Morgan fingerprint density at radius 2 is 1.76 bits per heavy atom. The van der Waals surface area contributed by atoms with Crippen LogP contribution in [0.25, 0.3) is 21.5 Å². The average Bonchev–Trinajstić information content (AvgIpc) is 2.76. The molecule has 4 aromatic rings. The van der Waals surface area contributed by atoms with E-state index < -0.39 is 0 Å². The van der Waals surface area contributed by atoms with Gasteiger partial charge in [0.25, 0.3) is 5.91 Å². The number of fused-ring (bicyclic) bond motifs is 2. The highest BCUT2D eigenvalue weighted by Crippen LogP contribution is 2.33. The molecule has 0 saturated carbocycles. The number of ether oxygens (including phenoxy) is 1. The normalized spacial score (nSPS) is 11.2. The van der Waals surface area contributed by atoms with Crippen LogP contribution in [0.15, 0.2) is 76.3 Å². The Bertz CT molecular complexity index is 1270. The molecule has 0 unspecified atom stereocenters. The smallest absolute Gasteiger partial charge is 0.271 e. The zero-order valence-electron chi connectivity index (χ0n) is 15.5. The van der Waals surface area contributed by atoms with Gasteiger partial charge in [-0.25, -0.2) is 5.43 Å². The monoisotopic (exact) mass is 448 g/mol. The van der Waals surface area contributed by atoms with Gasteiger partial charge in [0.1, 0.15) is 11.5 Å². The van der Waals surface area contributed by atoms with Gasteiger partial charge < -0.3 is 9.84 Å². The van der Waals surface area contributed by atoms with E-state index in [0.717, 1.165) is 26.4 Å². The van der Waals surface area contributed by atoms with E-state index in [0.29, 0.717) is 16.5 Å². The van der Waals surface area contributed by atoms with E-state index in [1.54, 1.807) is 25.3 Å². The molecule has 0 radical (unpaired) electrons. The molecule has 0 aliphatic heterocycles. The Morgan fingerprint density at radius 3 is 2.55 bits per heavy atom. The Labute approximate surface area is 175 Å². The van der Waals surface area contributed by atoms with Crippen LogP contribution in [0, 0.1) is 0 Å². The minimum atomic E-state index is -0.335. The lowest BCUT2D eigenvalue weighted by Gasteiger charge is -2.07. The Hall–Kier alpha value is -3.38. The average molecular weight is 449 g/mol. The van der Waals surface area contributed by atoms with Gasteiger partial charge in [0.05, 0.1) is 13.3 Å². The maximum absolute atomic E-state index is 12.4. The van der Waals surface area contributed by atoms with Gasteiger partial charge in [-0.3, -0.25) is 4.79 Å². The molecule has 144 valence electrons. The van der Waals surface area contributed by atoms with Crippen LogP contribution >= 0.6 is 15.9 Å². The lowest BCUT2D eigenvalue weighted by atomic mass is 10.1. The fraction of sp³-hybridized carbons (Fsp3) is 0.0435. The molecule has 0 aliphatic rings. The van der Waals surface area contributed by atoms with Crippen molar-refractivity contribution in [1.82, 2.24) is 5.43 Å². The van der Waals surface area contributed by atoms with Crippen molar-refractivity contribution >= 4 is 49.6 Å². The number of phenolic OH excluding ortho intramolecular Hbond substituents is 1. The fourth-order valence-electron chi connectivity index (χ4n) is 3.15. The number of rotatable bonds is 4. The minimum Gasteiger partial charge on any atom is -0.507 e. The topological polar surface area (TPSA) is 70.9 Å². The van der Waals surface area contributed by atoms with Gasteiger partial charge in [0.15, 0.2) is 0 Å². The van der Waals surface area contributed by atoms with Crippen molar-refractivity contribution in [1.29, 1.82) is 0 Å². The summed E-state index contributed by atoms with van der Waals surface area (Å²) in [5.41, 5.74) is 3.50. The summed E-state index contributed by atoms with van der Waals surface area (Å²) in [6, 6.07) is 20.3. The van der Waals surface area contributed by atoms with Crippen LogP contribution in [0.4, 0.5) is 0 Å². The van der Waals surface area contributed by atoms with Crippen LogP contribution in [-0.4, -0.2) is 24.3 Å². The second-order valence-corrected chi connectivity index (χ2v) is 7.32. The Balaban J connectivity index is 1.55. The number of amides is 1. The van der Waals surface area contributed by atoms with Gasteiger partial charge in [0.2, 0.25) is 0 Å². The number of hydrogen-bond acceptors (Lipinski definition) is 4. The third kappa shape index (κ3) is 3.79. The highest BCUT2D eigenvalue weighted by Gasteiger charge is 2.09. The van der Waals surface area contributed by atoms with Crippen LogP contribution in [-0.2, 0) is 0 Å². The predicted molar refractivity (Wildman–Crippen MR) is 119 cm³/mol. The van der Waals surface area contributed by atoms with E-state index >= 15 is 0 Å². The molecule has 0 saturated heterocycles. The van der Waals surface area contributed by atoms with Crippen LogP contribution in [0.2, 0.25) is 0 Å². The van der Waals surface area contributed by atoms with Gasteiger partial charge in [-0.15, -0.1) is 0 Å². The number of carbonyl (C=O) groups excluding carboxylic acids is 1. The second-order valence-electron chi connectivity index (χ2n) is 6.47. The first kappa shape index (κ1) is 19.0. The number of aromatic hydroxyl groups is 1. The molecule has 0 atom stereocenters. The maximum atomic E-state index is 12.4. The van der Waals surface area contributed by atoms with Crippen LogP contribution in [0.3, 0.4) is 0 Å². The first-order chi connectivity index (χ1) is 14.1. The molecule has 0 heterocycles. The van der Waals surface area contributed by atoms with Crippen molar-refractivity contribution in [3.05, 3.63) is 82.3 Å². The highest BCUT2D eigenvalue weighted by molar-refractivity contribution is 9.10. The summed E-state index contributed by atoms with van der Waals surface area (Å²) in [5, 5.41) is 18.0. The summed E-state index contributed by atoms with van der Waals surface area (Å²) in [5.74, 6) is 0.542. The number of hydrazone groups is 1. The molecule has 1 amide bonds. The molecule has 5 nitrogen and oxygen atoms in total. The molecule has 0 aliphatic carbocycles. The highest BCUT2D eigenvalue weighted by atomic mass is 79.9. The van der Waals surface area contributed by atoms with Crippen LogP contribution in [0.5, 0.6) is 11.5 Å². The van der Waals surface area contributed by atoms with E-state index in [1.807, 2.05) is 48.5 Å². The number of benzene rings is 4. The third-order valence-electron chi connectivity index (χ3n) is 4.67. The molecule has 4 aromatic carbocycles. The maximum Gasteiger partial charge on any atom is 0.271 e. The molecule has 0 spiro atoms. The summed E-state index contributed by atoms with van der Waals surface area (Å²) < 4.78 is 6.05. The zero-order chi connectivity index (χ0) is 20.4. The van der Waals surface area contributed by atoms with E-state index in [-0.39, 0.29) is 11.7 Å². The molecule has 29 heavy (non-hydrogen) atoms. The summed E-state index contributed by atoms with van der Waals surface area (Å²) in [6.45, 7) is 0. The predicted octanol–water partition coefficient (Wildman–Crippen LogP) is 5.23. The summed E-state index contributed by atoms with van der Waals surface area (Å²) in [6.07, 6.45) is 1.43. The number of halogens is 1. The van der Waals surface area contributed by atoms with E-state index in [1.165, 1.54) is 6.21 Å². The van der Waals surface area contributed by atoms with Crippen LogP contribution < -0.4 is 10.2 Å². The molecular weight excluding hydrogens is 432 g/mol. The molecule has 2 N–H and O–H groups in total. The van der Waals surface area contributed by atoms with Crippen molar-refractivity contribution < 1.29 is 14.6 Å². The van der Waals surface area contributed by atoms with Crippen molar-refractivity contribution in [3.8, 4) is 11.5 Å². The quantitative estimate of drug-likeness (QED) is 0.331. The third-order valence-corrected chi connectivity index (χ3v) is 5.33. The summed E-state index contributed by atoms with van der Waals surface area (Å²) in [4.78, 5) is 12.4. The van der Waals surface area contributed by atoms with Crippen molar-refractivity contribution in [2.24, 2.45) is 5.10 Å². The van der Waals surface area contributed by atoms with Gasteiger partial charge in [0, 0.05) is 21.0 Å². The molecule has 6 heteroatoms. The first-order valence-electron chi connectivity index (χ1n) is 8.88. The molecule has 4 rings (SSSR count). The number of methoxy groups -OCH3 is 1. The van der Waals surface area contributed by atoms with Gasteiger partial charge >= 0.3 is 0 Å². The standard InChI is InChI=1S/C23H17BrN2O3/c1-29-18-9-8-14-10-16(7-6-15(14)11-18)23(28)26-25-13-17-12-21(24)19-4-2-3-5-20(19)22(17)27/h2-13,27H,1H3,(H,26,28)/b25-13+. The van der Waals surface area contributed by atoms with E-state index in [9.17, 15) is 9.90 Å². The Morgan fingerprint density at radius 1 is 1.03 bits per heavy atom. The molecule has 0 aromatic heterocycles. The zero-order valence-corrected chi connectivity index (χ0v) is 17.1. The number of phenols is 1. The second kappa shape index (κ2) is 7.93. The van der Waals surface area contributed by atoms with Gasteiger partial charge in [-0.2, -0.15) is 5.10 Å². The number of nitrogens with zero attached hydrogens (tertiary/aromatic N) is 1. The van der Waals surface area contributed by atoms with Crippen molar-refractivity contribution in [3.63, 3.8) is 0 Å². The van der Waals surface area contributed by atoms with Gasteiger partial charge in [-0.05, 0) is 46.5 Å². The molecule has 0 bridgehead atoms. The largest absolute Gasteiger partial charge is 0.507 e. The SMILES string of the molecule is COc1ccc2cc(C(=O)N/N=C/c3cc(Br)c4ccccc4c3O)ccc2c1. The summed E-state index contributed by atoms with van der Waals surface area (Å²) >= 11 is 3.50. The number of carbonyl (C=O) groups is 1. The van der Waals surface area contributed by atoms with Crippen molar-refractivity contribution in [2.45, 2.75) is 0 Å². The van der Waals surface area contributed by atoms with Crippen molar-refractivity contribution in [2.75, 3.05) is 7.11 Å². The fourth-order valence-corrected chi connectivity index (χ4v) is 3.74. The number of hydrogen-bond donors (Lipinski definition) is 2. The lowest BCUT2D eigenvalue weighted by Crippen LogP contribution is -2.17.